The van der Waals surface area contributed by atoms with Crippen molar-refractivity contribution in [3.63, 3.8) is 0 Å². The highest BCUT2D eigenvalue weighted by atomic mass is 32.2. The number of hydrogen-bond donors (Lipinski definition) is 3. The van der Waals surface area contributed by atoms with Crippen LogP contribution < -0.4 is 10.0 Å². The quantitative estimate of drug-likeness (QED) is 0.490. The molecule has 0 aromatic heterocycles. The van der Waals surface area contributed by atoms with Crippen LogP contribution in [0, 0.1) is 0 Å². The van der Waals surface area contributed by atoms with Gasteiger partial charge in [-0.2, -0.15) is 13.2 Å². The number of anilines is 1. The number of halogens is 3. The van der Waals surface area contributed by atoms with Crippen LogP contribution in [0.4, 0.5) is 18.9 Å². The summed E-state index contributed by atoms with van der Waals surface area (Å²) in [7, 11) is -3.67. The molecule has 1 aliphatic rings. The Morgan fingerprint density at radius 2 is 1.42 bits per heavy atom. The van der Waals surface area contributed by atoms with Crippen molar-refractivity contribution < 1.29 is 36.3 Å². The third kappa shape index (κ3) is 7.46. The number of benzene rings is 2. The molecule has 0 heterocycles. The summed E-state index contributed by atoms with van der Waals surface area (Å²) in [5.74, 6) is -2.72. The van der Waals surface area contributed by atoms with Crippen LogP contribution in [0.1, 0.15) is 58.6 Å². The predicted octanol–water partition coefficient (Wildman–Crippen LogP) is 4.97. The van der Waals surface area contributed by atoms with E-state index in [0.29, 0.717) is 5.69 Å². The van der Waals surface area contributed by atoms with Crippen LogP contribution in [0.5, 0.6) is 0 Å². The number of aliphatic carboxylic acids is 1. The predicted molar refractivity (Wildman–Crippen MR) is 130 cm³/mol. The summed E-state index contributed by atoms with van der Waals surface area (Å²) >= 11 is 0. The zero-order chi connectivity index (χ0) is 27.5. The van der Waals surface area contributed by atoms with Crippen molar-refractivity contribution in [2.24, 2.45) is 0 Å². The van der Waals surface area contributed by atoms with Crippen LogP contribution in [0.25, 0.3) is 0 Å². The SMILES string of the molecule is CC(C)NC(=O)C1(c2ccc(NS(=O)(=O)c3ccc(C(C)(C)C)cc3)cc2)CC1.O=C(O)C(F)(F)F. The topological polar surface area (TPSA) is 113 Å². The molecule has 2 aromatic carbocycles. The van der Waals surface area contributed by atoms with Gasteiger partial charge in [0.05, 0.1) is 10.3 Å². The molecule has 2 aromatic rings. The molecule has 3 N–H and O–H groups in total. The summed E-state index contributed by atoms with van der Waals surface area (Å²) in [4.78, 5) is 21.6. The average molecular weight is 529 g/mol. The van der Waals surface area contributed by atoms with Crippen molar-refractivity contribution in [2.45, 2.75) is 75.4 Å². The number of carbonyl (C=O) groups is 2. The van der Waals surface area contributed by atoms with Crippen LogP contribution in [0.15, 0.2) is 53.4 Å². The minimum Gasteiger partial charge on any atom is -0.475 e. The van der Waals surface area contributed by atoms with Gasteiger partial charge in [0.15, 0.2) is 0 Å². The molecule has 0 spiro atoms. The molecule has 36 heavy (non-hydrogen) atoms. The van der Waals surface area contributed by atoms with Crippen molar-refractivity contribution in [1.82, 2.24) is 5.32 Å². The van der Waals surface area contributed by atoms with Gasteiger partial charge in [-0.25, -0.2) is 13.2 Å². The lowest BCUT2D eigenvalue weighted by molar-refractivity contribution is -0.192. The lowest BCUT2D eigenvalue weighted by Crippen LogP contribution is -2.38. The number of carboxylic acid groups (broad SMARTS) is 1. The molecular formula is C25H31F3N2O5S. The van der Waals surface area contributed by atoms with Gasteiger partial charge in [-0.3, -0.25) is 9.52 Å². The Labute approximate surface area is 209 Å². The van der Waals surface area contributed by atoms with Gasteiger partial charge in [0.1, 0.15) is 0 Å². The van der Waals surface area contributed by atoms with Gasteiger partial charge in [0.25, 0.3) is 10.0 Å². The fourth-order valence-corrected chi connectivity index (χ4v) is 4.44. The molecule has 1 amide bonds. The summed E-state index contributed by atoms with van der Waals surface area (Å²) in [5, 5.41) is 10.1. The summed E-state index contributed by atoms with van der Waals surface area (Å²) in [6, 6.07) is 14.2. The molecule has 0 radical (unpaired) electrons. The Kier molecular flexibility index (Phi) is 8.50. The number of nitrogens with one attached hydrogen (secondary N) is 2. The lowest BCUT2D eigenvalue weighted by atomic mass is 9.87. The van der Waals surface area contributed by atoms with Crippen molar-refractivity contribution in [3.05, 3.63) is 59.7 Å². The summed E-state index contributed by atoms with van der Waals surface area (Å²) < 4.78 is 59.8. The molecular weight excluding hydrogens is 497 g/mol. The molecule has 1 saturated carbocycles. The summed E-state index contributed by atoms with van der Waals surface area (Å²) in [6.45, 7) is 10.2. The number of alkyl halides is 3. The third-order valence-electron chi connectivity index (χ3n) is 5.57. The monoisotopic (exact) mass is 528 g/mol. The van der Waals surface area contributed by atoms with E-state index in [-0.39, 0.29) is 22.3 Å². The molecule has 0 saturated heterocycles. The number of rotatable bonds is 6. The highest BCUT2D eigenvalue weighted by Gasteiger charge is 2.51. The van der Waals surface area contributed by atoms with Crippen LogP contribution in [-0.2, 0) is 30.4 Å². The Bertz CT molecular complexity index is 1180. The first kappa shape index (κ1) is 29.2. The first-order valence-electron chi connectivity index (χ1n) is 11.2. The zero-order valence-corrected chi connectivity index (χ0v) is 21.5. The maximum Gasteiger partial charge on any atom is 0.490 e. The standard InChI is InChI=1S/C23H30N2O3S.C2HF3O2/c1-16(2)24-21(26)23(14-15-23)18-6-10-19(11-7-18)25-29(27,28)20-12-8-17(9-13-20)22(3,4)5;3-2(4,5)1(6)7/h6-13,16,25H,14-15H2,1-5H3,(H,24,26);(H,6,7). The Morgan fingerprint density at radius 1 is 0.944 bits per heavy atom. The van der Waals surface area contributed by atoms with Gasteiger partial charge in [0.2, 0.25) is 5.91 Å². The van der Waals surface area contributed by atoms with Gasteiger partial charge in [0, 0.05) is 11.7 Å². The maximum atomic E-state index is 12.7. The van der Waals surface area contributed by atoms with E-state index >= 15 is 0 Å². The number of amides is 1. The van der Waals surface area contributed by atoms with Crippen molar-refractivity contribution in [1.29, 1.82) is 0 Å². The molecule has 3 rings (SSSR count). The van der Waals surface area contributed by atoms with E-state index in [4.69, 9.17) is 9.90 Å². The Balaban J connectivity index is 0.000000572. The fourth-order valence-electron chi connectivity index (χ4n) is 3.38. The lowest BCUT2D eigenvalue weighted by Gasteiger charge is -2.19. The smallest absolute Gasteiger partial charge is 0.475 e. The molecule has 198 valence electrons. The second-order valence-corrected chi connectivity index (χ2v) is 11.7. The van der Waals surface area contributed by atoms with E-state index in [1.54, 1.807) is 24.3 Å². The Hall–Kier alpha value is -3.08. The van der Waals surface area contributed by atoms with Crippen LogP contribution in [-0.4, -0.2) is 37.6 Å². The first-order chi connectivity index (χ1) is 16.4. The number of carboxylic acids is 1. The molecule has 0 atom stereocenters. The molecule has 11 heteroatoms. The molecule has 1 aliphatic carbocycles. The van der Waals surface area contributed by atoms with Gasteiger partial charge in [-0.1, -0.05) is 45.0 Å². The van der Waals surface area contributed by atoms with Gasteiger partial charge in [-0.05, 0) is 67.5 Å². The maximum absolute atomic E-state index is 12.7. The second-order valence-electron chi connectivity index (χ2n) is 9.97. The summed E-state index contributed by atoms with van der Waals surface area (Å²) in [6.07, 6.45) is -3.45. The van der Waals surface area contributed by atoms with E-state index < -0.39 is 27.6 Å². The van der Waals surface area contributed by atoms with Gasteiger partial charge in [-0.15, -0.1) is 0 Å². The number of hydrogen-bond acceptors (Lipinski definition) is 4. The number of carbonyl (C=O) groups excluding carboxylic acids is 1. The van der Waals surface area contributed by atoms with E-state index in [9.17, 15) is 26.4 Å². The van der Waals surface area contributed by atoms with Crippen molar-refractivity contribution in [2.75, 3.05) is 4.72 Å². The molecule has 7 nitrogen and oxygen atoms in total. The molecule has 1 fully saturated rings. The first-order valence-corrected chi connectivity index (χ1v) is 12.7. The van der Waals surface area contributed by atoms with Gasteiger partial charge < -0.3 is 10.4 Å². The van der Waals surface area contributed by atoms with Crippen LogP contribution in [0.2, 0.25) is 0 Å². The fraction of sp³-hybridized carbons (Fsp3) is 0.440. The van der Waals surface area contributed by atoms with E-state index in [1.807, 2.05) is 38.1 Å². The van der Waals surface area contributed by atoms with Crippen LogP contribution in [0.3, 0.4) is 0 Å². The molecule has 0 unspecified atom stereocenters. The normalized spacial score (nSPS) is 14.9. The minimum atomic E-state index is -5.08. The molecule has 0 aliphatic heterocycles. The largest absolute Gasteiger partial charge is 0.490 e. The van der Waals surface area contributed by atoms with Crippen molar-refractivity contribution in [3.8, 4) is 0 Å². The second kappa shape index (κ2) is 10.5. The van der Waals surface area contributed by atoms with Gasteiger partial charge >= 0.3 is 12.1 Å². The highest BCUT2D eigenvalue weighted by Crippen LogP contribution is 2.48. The van der Waals surface area contributed by atoms with E-state index in [2.05, 4.69) is 30.8 Å². The average Bonchev–Trinajstić information content (AvgIpc) is 3.55. The van der Waals surface area contributed by atoms with E-state index in [1.165, 1.54) is 0 Å². The highest BCUT2D eigenvalue weighted by molar-refractivity contribution is 7.92. The Morgan fingerprint density at radius 3 is 1.78 bits per heavy atom. The van der Waals surface area contributed by atoms with Crippen molar-refractivity contribution >= 4 is 27.6 Å². The molecule has 0 bridgehead atoms. The van der Waals surface area contributed by atoms with Crippen LogP contribution >= 0.6 is 0 Å². The van der Waals surface area contributed by atoms with E-state index in [0.717, 1.165) is 24.0 Å². The third-order valence-corrected chi connectivity index (χ3v) is 6.96. The minimum absolute atomic E-state index is 0.0355. The summed E-state index contributed by atoms with van der Waals surface area (Å²) in [5.41, 5.74) is 1.98. The zero-order valence-electron chi connectivity index (χ0n) is 20.7. The number of sulfonamides is 1.